The highest BCUT2D eigenvalue weighted by Gasteiger charge is 2.11. The van der Waals surface area contributed by atoms with Crippen molar-refractivity contribution in [3.05, 3.63) is 68.2 Å². The van der Waals surface area contributed by atoms with Gasteiger partial charge < -0.3 is 5.32 Å². The van der Waals surface area contributed by atoms with Gasteiger partial charge in [0.1, 0.15) is 0 Å². The van der Waals surface area contributed by atoms with Crippen LogP contribution in [0.3, 0.4) is 0 Å². The van der Waals surface area contributed by atoms with Crippen molar-refractivity contribution in [1.82, 2.24) is 4.57 Å². The molecule has 1 aromatic heterocycles. The standard InChI is InChI=1S/C17H11Br3N2O/c18-13-6-5-12(9-16(19)20)14(10-13)21-17(23)22-8-7-11-3-1-2-4-15(11)22/h1-10H,(H,21,23). The normalized spacial score (nSPS) is 10.6. The second kappa shape index (κ2) is 7.03. The Labute approximate surface area is 158 Å². The van der Waals surface area contributed by atoms with E-state index in [-0.39, 0.29) is 6.03 Å². The lowest BCUT2D eigenvalue weighted by molar-refractivity contribution is 0.254. The molecular weight excluding hydrogens is 488 g/mol. The smallest absolute Gasteiger partial charge is 0.307 e. The zero-order valence-corrected chi connectivity index (χ0v) is 16.5. The summed E-state index contributed by atoms with van der Waals surface area (Å²) >= 11 is 10.1. The van der Waals surface area contributed by atoms with Crippen molar-refractivity contribution >= 4 is 76.5 Å². The van der Waals surface area contributed by atoms with Crippen LogP contribution in [0, 0.1) is 0 Å². The van der Waals surface area contributed by atoms with Crippen molar-refractivity contribution in [3.63, 3.8) is 0 Å². The number of fused-ring (bicyclic) bond motifs is 1. The molecule has 1 heterocycles. The predicted octanol–water partition coefficient (Wildman–Crippen LogP) is 6.57. The minimum absolute atomic E-state index is 0.204. The Morgan fingerprint density at radius 3 is 2.65 bits per heavy atom. The number of para-hydroxylation sites is 1. The van der Waals surface area contributed by atoms with Crippen LogP contribution in [-0.4, -0.2) is 10.6 Å². The monoisotopic (exact) mass is 496 g/mol. The Bertz CT molecular complexity index is 911. The van der Waals surface area contributed by atoms with Gasteiger partial charge in [0, 0.05) is 16.1 Å². The fraction of sp³-hybridized carbons (Fsp3) is 0. The third-order valence-electron chi connectivity index (χ3n) is 3.34. The first-order valence-corrected chi connectivity index (χ1v) is 9.12. The van der Waals surface area contributed by atoms with E-state index in [2.05, 4.69) is 53.1 Å². The third-order valence-corrected chi connectivity index (χ3v) is 4.29. The number of benzene rings is 2. The molecule has 1 N–H and O–H groups in total. The van der Waals surface area contributed by atoms with E-state index in [9.17, 15) is 4.79 Å². The summed E-state index contributed by atoms with van der Waals surface area (Å²) in [6, 6.07) is 15.2. The van der Waals surface area contributed by atoms with Crippen LogP contribution in [0.25, 0.3) is 17.0 Å². The van der Waals surface area contributed by atoms with Crippen molar-refractivity contribution in [1.29, 1.82) is 0 Å². The maximum Gasteiger partial charge on any atom is 0.330 e. The lowest BCUT2D eigenvalue weighted by atomic mass is 10.2. The number of anilines is 1. The van der Waals surface area contributed by atoms with Crippen LogP contribution < -0.4 is 5.32 Å². The fourth-order valence-electron chi connectivity index (χ4n) is 2.32. The van der Waals surface area contributed by atoms with Crippen LogP contribution in [0.2, 0.25) is 0 Å². The number of nitrogens with one attached hydrogen (secondary N) is 1. The lowest BCUT2D eigenvalue weighted by Gasteiger charge is -2.11. The fourth-order valence-corrected chi connectivity index (χ4v) is 3.17. The Balaban J connectivity index is 1.97. The second-order valence-electron chi connectivity index (χ2n) is 4.84. The van der Waals surface area contributed by atoms with Crippen LogP contribution >= 0.6 is 47.8 Å². The van der Waals surface area contributed by atoms with Crippen LogP contribution in [-0.2, 0) is 0 Å². The molecule has 6 heteroatoms. The SMILES string of the molecule is O=C(Nc1cc(Br)ccc1C=C(Br)Br)n1ccc2ccccc21. The highest BCUT2D eigenvalue weighted by Crippen LogP contribution is 2.27. The molecule has 0 aliphatic heterocycles. The number of carbonyl (C=O) groups is 1. The highest BCUT2D eigenvalue weighted by atomic mass is 79.9. The average molecular weight is 499 g/mol. The van der Waals surface area contributed by atoms with Gasteiger partial charge in [-0.05, 0) is 67.8 Å². The zero-order chi connectivity index (χ0) is 16.4. The molecule has 0 unspecified atom stereocenters. The van der Waals surface area contributed by atoms with Crippen LogP contribution in [0.5, 0.6) is 0 Å². The largest absolute Gasteiger partial charge is 0.330 e. The minimum Gasteiger partial charge on any atom is -0.307 e. The molecule has 0 aliphatic carbocycles. The van der Waals surface area contributed by atoms with E-state index in [4.69, 9.17) is 0 Å². The van der Waals surface area contributed by atoms with E-state index in [1.807, 2.05) is 54.6 Å². The first-order valence-electron chi connectivity index (χ1n) is 6.74. The van der Waals surface area contributed by atoms with Crippen molar-refractivity contribution < 1.29 is 4.79 Å². The number of amides is 1. The van der Waals surface area contributed by atoms with Crippen molar-refractivity contribution in [3.8, 4) is 0 Å². The first-order chi connectivity index (χ1) is 11.0. The van der Waals surface area contributed by atoms with Gasteiger partial charge in [-0.2, -0.15) is 0 Å². The molecule has 0 spiro atoms. The van der Waals surface area contributed by atoms with Crippen molar-refractivity contribution in [2.24, 2.45) is 0 Å². The van der Waals surface area contributed by atoms with E-state index in [0.717, 1.165) is 30.0 Å². The predicted molar refractivity (Wildman–Crippen MR) is 106 cm³/mol. The molecule has 0 atom stereocenters. The van der Waals surface area contributed by atoms with E-state index in [0.29, 0.717) is 0 Å². The van der Waals surface area contributed by atoms with Gasteiger partial charge in [0.25, 0.3) is 0 Å². The van der Waals surface area contributed by atoms with Crippen LogP contribution in [0.4, 0.5) is 10.5 Å². The van der Waals surface area contributed by atoms with Gasteiger partial charge in [-0.15, -0.1) is 0 Å². The molecule has 3 aromatic rings. The lowest BCUT2D eigenvalue weighted by Crippen LogP contribution is -2.19. The van der Waals surface area contributed by atoms with Gasteiger partial charge in [-0.25, -0.2) is 4.79 Å². The summed E-state index contributed by atoms with van der Waals surface area (Å²) in [6.45, 7) is 0. The maximum absolute atomic E-state index is 12.6. The number of aromatic nitrogens is 1. The third kappa shape index (κ3) is 3.76. The molecule has 1 amide bonds. The minimum atomic E-state index is -0.204. The molecule has 23 heavy (non-hydrogen) atoms. The van der Waals surface area contributed by atoms with Gasteiger partial charge in [-0.1, -0.05) is 40.2 Å². The Kier molecular flexibility index (Phi) is 5.04. The molecule has 0 fully saturated rings. The number of nitrogens with zero attached hydrogens (tertiary/aromatic N) is 1. The average Bonchev–Trinajstić information content (AvgIpc) is 2.93. The topological polar surface area (TPSA) is 34.0 Å². The molecule has 0 aliphatic rings. The summed E-state index contributed by atoms with van der Waals surface area (Å²) < 4.78 is 3.30. The van der Waals surface area contributed by atoms with Gasteiger partial charge in [-0.3, -0.25) is 4.57 Å². The number of hydrogen-bond donors (Lipinski definition) is 1. The zero-order valence-electron chi connectivity index (χ0n) is 11.8. The summed E-state index contributed by atoms with van der Waals surface area (Å²) in [5.74, 6) is 0. The molecule has 0 bridgehead atoms. The summed E-state index contributed by atoms with van der Waals surface area (Å²) in [5.41, 5.74) is 2.49. The Morgan fingerprint density at radius 1 is 1.09 bits per heavy atom. The van der Waals surface area contributed by atoms with Crippen LogP contribution in [0.1, 0.15) is 5.56 Å². The van der Waals surface area contributed by atoms with Crippen LogP contribution in [0.15, 0.2) is 62.6 Å². The highest BCUT2D eigenvalue weighted by molar-refractivity contribution is 9.28. The number of carbonyl (C=O) groups excluding carboxylic acids is 1. The van der Waals surface area contributed by atoms with E-state index >= 15 is 0 Å². The van der Waals surface area contributed by atoms with Gasteiger partial charge in [0.15, 0.2) is 0 Å². The second-order valence-corrected chi connectivity index (χ2v) is 8.53. The number of halogens is 3. The van der Waals surface area contributed by atoms with Gasteiger partial charge >= 0.3 is 6.03 Å². The summed E-state index contributed by atoms with van der Waals surface area (Å²) in [5, 5.41) is 3.99. The molecule has 3 rings (SSSR count). The summed E-state index contributed by atoms with van der Waals surface area (Å²) in [6.07, 6.45) is 3.66. The molecule has 0 saturated carbocycles. The molecule has 2 aromatic carbocycles. The summed E-state index contributed by atoms with van der Waals surface area (Å²) in [7, 11) is 0. The molecule has 3 nitrogen and oxygen atoms in total. The van der Waals surface area contributed by atoms with Gasteiger partial charge in [0.2, 0.25) is 0 Å². The quantitative estimate of drug-likeness (QED) is 0.426. The Hall–Kier alpha value is -1.37. The van der Waals surface area contributed by atoms with Crippen molar-refractivity contribution in [2.45, 2.75) is 0 Å². The van der Waals surface area contributed by atoms with E-state index < -0.39 is 0 Å². The molecule has 0 saturated heterocycles. The van der Waals surface area contributed by atoms with E-state index in [1.165, 1.54) is 0 Å². The number of hydrogen-bond acceptors (Lipinski definition) is 1. The maximum atomic E-state index is 12.6. The summed E-state index contributed by atoms with van der Waals surface area (Å²) in [4.78, 5) is 12.6. The van der Waals surface area contributed by atoms with Gasteiger partial charge in [0.05, 0.1) is 14.6 Å². The molecule has 116 valence electrons. The van der Waals surface area contributed by atoms with Crippen molar-refractivity contribution in [2.75, 3.05) is 5.32 Å². The molecule has 0 radical (unpaired) electrons. The van der Waals surface area contributed by atoms with E-state index in [1.54, 1.807) is 10.8 Å². The molecular formula is C17H11Br3N2O. The first kappa shape index (κ1) is 16.5. The Morgan fingerprint density at radius 2 is 1.87 bits per heavy atom. The number of rotatable bonds is 2.